The molecule has 1 aromatic rings. The van der Waals surface area contributed by atoms with Gasteiger partial charge in [-0.05, 0) is 32.8 Å². The molecular weight excluding hydrogens is 162 g/mol. The van der Waals surface area contributed by atoms with Gasteiger partial charge in [-0.3, -0.25) is 4.68 Å². The van der Waals surface area contributed by atoms with Crippen molar-refractivity contribution >= 4 is 0 Å². The maximum atomic E-state index is 5.53. The fraction of sp³-hybridized carbons (Fsp3) is 0.500. The van der Waals surface area contributed by atoms with Crippen molar-refractivity contribution < 1.29 is 0 Å². The summed E-state index contributed by atoms with van der Waals surface area (Å²) in [4.78, 5) is 0. The minimum absolute atomic E-state index is 0.0875. The molecule has 1 atom stereocenters. The lowest BCUT2D eigenvalue weighted by molar-refractivity contribution is 0.527. The molecule has 0 spiro atoms. The van der Waals surface area contributed by atoms with Gasteiger partial charge < -0.3 is 5.73 Å². The maximum Gasteiger partial charge on any atom is 0.111 e. The van der Waals surface area contributed by atoms with E-state index in [-0.39, 0.29) is 6.04 Å². The summed E-state index contributed by atoms with van der Waals surface area (Å²) in [6.07, 6.45) is 1.76. The van der Waals surface area contributed by atoms with E-state index in [1.165, 1.54) is 0 Å². The lowest BCUT2D eigenvalue weighted by atomic mass is 10.3. The lowest BCUT2D eigenvalue weighted by Gasteiger charge is -2.06. The summed E-state index contributed by atoms with van der Waals surface area (Å²) in [6, 6.07) is 2.15. The third-order valence-corrected chi connectivity index (χ3v) is 1.59. The molecule has 13 heavy (non-hydrogen) atoms. The van der Waals surface area contributed by atoms with E-state index in [2.05, 4.69) is 30.8 Å². The van der Waals surface area contributed by atoms with E-state index in [1.807, 2.05) is 17.7 Å². The van der Waals surface area contributed by atoms with Crippen molar-refractivity contribution in [3.63, 3.8) is 0 Å². The van der Waals surface area contributed by atoms with Crippen LogP contribution in [0.3, 0.4) is 0 Å². The highest BCUT2D eigenvalue weighted by Gasteiger charge is 2.01. The summed E-state index contributed by atoms with van der Waals surface area (Å²) >= 11 is 0. The van der Waals surface area contributed by atoms with Gasteiger partial charge in [-0.15, -0.1) is 0 Å². The van der Waals surface area contributed by atoms with Crippen molar-refractivity contribution in [3.05, 3.63) is 18.0 Å². The summed E-state index contributed by atoms with van der Waals surface area (Å²) in [5.74, 6) is 5.91. The van der Waals surface area contributed by atoms with E-state index in [4.69, 9.17) is 5.73 Å². The molecule has 0 bridgehead atoms. The minimum atomic E-state index is -0.0875. The monoisotopic (exact) mass is 177 g/mol. The molecule has 1 aromatic heterocycles. The van der Waals surface area contributed by atoms with Crippen LogP contribution in [0.1, 0.15) is 32.5 Å². The summed E-state index contributed by atoms with van der Waals surface area (Å²) < 4.78 is 1.88. The van der Waals surface area contributed by atoms with Gasteiger partial charge in [0.1, 0.15) is 5.69 Å². The van der Waals surface area contributed by atoms with Crippen LogP contribution in [0, 0.1) is 11.8 Å². The molecule has 0 fully saturated rings. The van der Waals surface area contributed by atoms with E-state index in [0.717, 1.165) is 5.69 Å². The van der Waals surface area contributed by atoms with Crippen LogP contribution >= 0.6 is 0 Å². The van der Waals surface area contributed by atoms with Crippen molar-refractivity contribution in [2.45, 2.75) is 32.9 Å². The molecule has 0 amide bonds. The standard InChI is InChI=1S/C10H15N3/c1-8(2)13-10(6-7-12-13)5-4-9(3)11/h6-9H,11H2,1-3H3. The fourth-order valence-corrected chi connectivity index (χ4v) is 1.01. The molecule has 0 aliphatic heterocycles. The smallest absolute Gasteiger partial charge is 0.111 e. The lowest BCUT2D eigenvalue weighted by Crippen LogP contribution is -2.11. The van der Waals surface area contributed by atoms with Gasteiger partial charge in [0.15, 0.2) is 0 Å². The highest BCUT2D eigenvalue weighted by atomic mass is 15.3. The van der Waals surface area contributed by atoms with Crippen LogP contribution in [0.5, 0.6) is 0 Å². The Hall–Kier alpha value is -1.27. The van der Waals surface area contributed by atoms with Crippen molar-refractivity contribution in [3.8, 4) is 11.8 Å². The molecule has 2 N–H and O–H groups in total. The van der Waals surface area contributed by atoms with Gasteiger partial charge in [0.05, 0.1) is 12.2 Å². The SMILES string of the molecule is CC(N)C#Cc1ccnn1C(C)C. The Morgan fingerprint density at radius 2 is 2.15 bits per heavy atom. The van der Waals surface area contributed by atoms with Gasteiger partial charge in [-0.2, -0.15) is 5.10 Å². The maximum absolute atomic E-state index is 5.53. The Morgan fingerprint density at radius 1 is 1.46 bits per heavy atom. The first kappa shape index (κ1) is 9.82. The number of hydrogen-bond donors (Lipinski definition) is 1. The zero-order chi connectivity index (χ0) is 9.84. The van der Waals surface area contributed by atoms with E-state index in [1.54, 1.807) is 6.20 Å². The minimum Gasteiger partial charge on any atom is -0.318 e. The van der Waals surface area contributed by atoms with Gasteiger partial charge >= 0.3 is 0 Å². The molecule has 1 heterocycles. The molecule has 1 unspecified atom stereocenters. The van der Waals surface area contributed by atoms with Crippen LogP contribution < -0.4 is 5.73 Å². The number of nitrogens with zero attached hydrogens (tertiary/aromatic N) is 2. The second-order valence-corrected chi connectivity index (χ2v) is 3.31. The fourth-order valence-electron chi connectivity index (χ4n) is 1.01. The largest absolute Gasteiger partial charge is 0.318 e. The van der Waals surface area contributed by atoms with E-state index in [0.29, 0.717) is 6.04 Å². The number of aromatic nitrogens is 2. The highest BCUT2D eigenvalue weighted by Crippen LogP contribution is 2.05. The Balaban J connectivity index is 2.90. The zero-order valence-electron chi connectivity index (χ0n) is 8.28. The predicted molar refractivity (Wildman–Crippen MR) is 53.1 cm³/mol. The van der Waals surface area contributed by atoms with E-state index in [9.17, 15) is 0 Å². The summed E-state index contributed by atoms with van der Waals surface area (Å²) in [5, 5.41) is 4.17. The second kappa shape index (κ2) is 4.11. The Morgan fingerprint density at radius 3 is 2.69 bits per heavy atom. The van der Waals surface area contributed by atoms with Crippen molar-refractivity contribution in [1.29, 1.82) is 0 Å². The normalized spacial score (nSPS) is 12.4. The van der Waals surface area contributed by atoms with Crippen LogP contribution in [0.15, 0.2) is 12.3 Å². The Kier molecular flexibility index (Phi) is 3.10. The Labute approximate surface area is 78.9 Å². The summed E-state index contributed by atoms with van der Waals surface area (Å²) in [6.45, 7) is 6.01. The van der Waals surface area contributed by atoms with Gasteiger partial charge in [0, 0.05) is 6.04 Å². The quantitative estimate of drug-likeness (QED) is 0.654. The average Bonchev–Trinajstić information content (AvgIpc) is 2.47. The van der Waals surface area contributed by atoms with Crippen LogP contribution in [0.2, 0.25) is 0 Å². The number of nitrogens with two attached hydrogens (primary N) is 1. The van der Waals surface area contributed by atoms with Gasteiger partial charge in [-0.25, -0.2) is 0 Å². The zero-order valence-corrected chi connectivity index (χ0v) is 8.28. The van der Waals surface area contributed by atoms with Gasteiger partial charge in [-0.1, -0.05) is 5.92 Å². The van der Waals surface area contributed by atoms with Crippen LogP contribution in [0.4, 0.5) is 0 Å². The van der Waals surface area contributed by atoms with Crippen LogP contribution in [-0.2, 0) is 0 Å². The van der Waals surface area contributed by atoms with Crippen molar-refractivity contribution in [2.75, 3.05) is 0 Å². The van der Waals surface area contributed by atoms with Crippen molar-refractivity contribution in [1.82, 2.24) is 9.78 Å². The second-order valence-electron chi connectivity index (χ2n) is 3.31. The highest BCUT2D eigenvalue weighted by molar-refractivity contribution is 5.28. The third kappa shape index (κ3) is 2.60. The molecule has 0 saturated heterocycles. The van der Waals surface area contributed by atoms with Crippen LogP contribution in [0.25, 0.3) is 0 Å². The number of hydrogen-bond acceptors (Lipinski definition) is 2. The molecule has 0 saturated carbocycles. The molecule has 3 nitrogen and oxygen atoms in total. The molecule has 0 radical (unpaired) electrons. The molecule has 0 aromatic carbocycles. The molecule has 0 aliphatic rings. The van der Waals surface area contributed by atoms with E-state index < -0.39 is 0 Å². The first-order valence-electron chi connectivity index (χ1n) is 4.42. The third-order valence-electron chi connectivity index (χ3n) is 1.59. The first-order valence-corrected chi connectivity index (χ1v) is 4.42. The molecule has 0 aliphatic carbocycles. The molecular formula is C10H15N3. The van der Waals surface area contributed by atoms with Gasteiger partial charge in [0.25, 0.3) is 0 Å². The van der Waals surface area contributed by atoms with E-state index >= 15 is 0 Å². The molecule has 70 valence electrons. The van der Waals surface area contributed by atoms with Crippen molar-refractivity contribution in [2.24, 2.45) is 5.73 Å². The molecule has 3 heteroatoms. The van der Waals surface area contributed by atoms with Gasteiger partial charge in [0.2, 0.25) is 0 Å². The molecule has 1 rings (SSSR count). The first-order chi connectivity index (χ1) is 6.11. The topological polar surface area (TPSA) is 43.8 Å². The summed E-state index contributed by atoms with van der Waals surface area (Å²) in [5.41, 5.74) is 6.46. The average molecular weight is 177 g/mol. The summed E-state index contributed by atoms with van der Waals surface area (Å²) in [7, 11) is 0. The predicted octanol–water partition coefficient (Wildman–Crippen LogP) is 1.16. The number of rotatable bonds is 1. The van der Waals surface area contributed by atoms with Crippen LogP contribution in [-0.4, -0.2) is 15.8 Å². The Bertz CT molecular complexity index is 325.